The molecule has 1 aliphatic carbocycles. The van der Waals surface area contributed by atoms with E-state index in [1.54, 1.807) is 0 Å². The van der Waals surface area contributed by atoms with E-state index in [9.17, 15) is 18.4 Å². The van der Waals surface area contributed by atoms with Crippen LogP contribution in [0.1, 0.15) is 29.6 Å². The minimum Gasteiger partial charge on any atom is -0.493 e. The monoisotopic (exact) mass is 383 g/mol. The zero-order chi connectivity index (χ0) is 19.4. The van der Waals surface area contributed by atoms with Gasteiger partial charge in [-0.2, -0.15) is 8.78 Å². The summed E-state index contributed by atoms with van der Waals surface area (Å²) in [6.45, 7) is -1.30. The number of carbonyl (C=O) groups is 2. The number of amides is 2. The third-order valence-corrected chi connectivity index (χ3v) is 4.70. The zero-order valence-electron chi connectivity index (χ0n) is 15.0. The molecule has 2 N–H and O–H groups in total. The van der Waals surface area contributed by atoms with E-state index >= 15 is 0 Å². The van der Waals surface area contributed by atoms with Gasteiger partial charge in [0.2, 0.25) is 5.91 Å². The molecule has 0 bridgehead atoms. The summed E-state index contributed by atoms with van der Waals surface area (Å²) in [6.07, 6.45) is 3.39. The van der Waals surface area contributed by atoms with Crippen molar-refractivity contribution >= 4 is 11.8 Å². The van der Waals surface area contributed by atoms with Crippen LogP contribution in [0.2, 0.25) is 0 Å². The third kappa shape index (κ3) is 5.29. The smallest absolute Gasteiger partial charge is 0.387 e. The Morgan fingerprint density at radius 1 is 1.26 bits per heavy atom. The number of carbonyl (C=O) groups excluding carboxylic acids is 2. The minimum atomic E-state index is -2.99. The van der Waals surface area contributed by atoms with Crippen LogP contribution >= 0.6 is 0 Å². The molecule has 2 fully saturated rings. The van der Waals surface area contributed by atoms with E-state index in [2.05, 4.69) is 20.3 Å². The number of nitrogens with zero attached hydrogens (tertiary/aromatic N) is 1. The van der Waals surface area contributed by atoms with Gasteiger partial charge in [-0.15, -0.1) is 0 Å². The third-order valence-electron chi connectivity index (χ3n) is 4.70. The number of hydrogen-bond acceptors (Lipinski definition) is 5. The molecule has 1 saturated carbocycles. The lowest BCUT2D eigenvalue weighted by molar-refractivity contribution is -0.120. The molecule has 1 aromatic carbocycles. The topological polar surface area (TPSA) is 79.9 Å². The molecule has 1 saturated heterocycles. The first kappa shape index (κ1) is 19.3. The number of hydrogen-bond donors (Lipinski definition) is 2. The number of benzene rings is 1. The van der Waals surface area contributed by atoms with Crippen molar-refractivity contribution in [2.75, 3.05) is 26.7 Å². The molecule has 3 rings (SSSR count). The Kier molecular flexibility index (Phi) is 6.10. The summed E-state index contributed by atoms with van der Waals surface area (Å²) in [5.74, 6) is -0.907. The minimum absolute atomic E-state index is 0.0125. The van der Waals surface area contributed by atoms with Crippen molar-refractivity contribution in [2.24, 2.45) is 0 Å². The van der Waals surface area contributed by atoms with Gasteiger partial charge in [-0.1, -0.05) is 0 Å². The highest BCUT2D eigenvalue weighted by Crippen LogP contribution is 2.30. The van der Waals surface area contributed by atoms with Gasteiger partial charge in [-0.25, -0.2) is 0 Å². The fraction of sp³-hybridized carbons (Fsp3) is 0.556. The molecule has 2 aliphatic rings. The van der Waals surface area contributed by atoms with Gasteiger partial charge >= 0.3 is 6.61 Å². The molecule has 1 atom stereocenters. The molecule has 1 heterocycles. The summed E-state index contributed by atoms with van der Waals surface area (Å²) < 4.78 is 34.0. The maximum atomic E-state index is 12.3. The van der Waals surface area contributed by atoms with E-state index in [0.29, 0.717) is 6.04 Å². The van der Waals surface area contributed by atoms with Gasteiger partial charge in [0, 0.05) is 30.7 Å². The zero-order valence-corrected chi connectivity index (χ0v) is 15.0. The molecule has 1 aromatic rings. The second-order valence-electron chi connectivity index (χ2n) is 6.71. The van der Waals surface area contributed by atoms with Crippen molar-refractivity contribution in [2.45, 2.75) is 38.0 Å². The van der Waals surface area contributed by atoms with Crippen molar-refractivity contribution in [3.05, 3.63) is 23.8 Å². The molecular formula is C18H23F2N3O4. The highest BCUT2D eigenvalue weighted by molar-refractivity contribution is 5.97. The fourth-order valence-corrected chi connectivity index (χ4v) is 3.22. The van der Waals surface area contributed by atoms with Crippen molar-refractivity contribution in [1.82, 2.24) is 15.5 Å². The Morgan fingerprint density at radius 2 is 2.04 bits per heavy atom. The maximum Gasteiger partial charge on any atom is 0.387 e. The van der Waals surface area contributed by atoms with Crippen LogP contribution < -0.4 is 20.1 Å². The van der Waals surface area contributed by atoms with Crippen LogP contribution in [0.5, 0.6) is 11.5 Å². The second kappa shape index (κ2) is 8.51. The van der Waals surface area contributed by atoms with Gasteiger partial charge in [-0.05, 0) is 37.5 Å². The van der Waals surface area contributed by atoms with E-state index in [1.807, 2.05) is 0 Å². The maximum absolute atomic E-state index is 12.3. The van der Waals surface area contributed by atoms with Crippen molar-refractivity contribution in [3.8, 4) is 11.5 Å². The quantitative estimate of drug-likeness (QED) is 0.709. The molecule has 0 spiro atoms. The Hall–Kier alpha value is -2.42. The van der Waals surface area contributed by atoms with Gasteiger partial charge in [-0.3, -0.25) is 14.5 Å². The fourth-order valence-electron chi connectivity index (χ4n) is 3.22. The van der Waals surface area contributed by atoms with Gasteiger partial charge in [0.05, 0.1) is 13.7 Å². The van der Waals surface area contributed by atoms with Crippen LogP contribution in [0.15, 0.2) is 18.2 Å². The lowest BCUT2D eigenvalue weighted by Crippen LogP contribution is -2.43. The van der Waals surface area contributed by atoms with Crippen molar-refractivity contribution in [3.63, 3.8) is 0 Å². The Labute approximate surface area is 156 Å². The highest BCUT2D eigenvalue weighted by Gasteiger charge is 2.34. The number of rotatable bonds is 8. The predicted molar refractivity (Wildman–Crippen MR) is 93.1 cm³/mol. The number of methoxy groups -OCH3 is 1. The molecule has 0 radical (unpaired) electrons. The number of halogens is 2. The first-order valence-corrected chi connectivity index (χ1v) is 8.90. The standard InChI is InChI=1S/C18H23F2N3O4/c1-26-15-8-11(2-5-14(15)27-18(19)20)17(25)21-9-16(24)22-12-6-7-23(10-12)13-3-4-13/h2,5,8,12-13,18H,3-4,6-7,9-10H2,1H3,(H,21,25)(H,22,24). The van der Waals surface area contributed by atoms with Crippen LogP contribution in [0.25, 0.3) is 0 Å². The summed E-state index contributed by atoms with van der Waals surface area (Å²) in [5.41, 5.74) is 0.182. The largest absolute Gasteiger partial charge is 0.493 e. The average Bonchev–Trinajstić information content (AvgIpc) is 3.39. The summed E-state index contributed by atoms with van der Waals surface area (Å²) in [7, 11) is 1.29. The van der Waals surface area contributed by atoms with Crippen LogP contribution in [0.4, 0.5) is 8.78 Å². The molecule has 27 heavy (non-hydrogen) atoms. The number of nitrogens with one attached hydrogen (secondary N) is 2. The van der Waals surface area contributed by atoms with Crippen LogP contribution in [-0.2, 0) is 4.79 Å². The number of alkyl halides is 2. The summed E-state index contributed by atoms with van der Waals surface area (Å²) in [5, 5.41) is 5.45. The van der Waals surface area contributed by atoms with Gasteiger partial charge in [0.25, 0.3) is 5.91 Å². The summed E-state index contributed by atoms with van der Waals surface area (Å²) in [6, 6.07) is 4.64. The van der Waals surface area contributed by atoms with Crippen LogP contribution in [0.3, 0.4) is 0 Å². The van der Waals surface area contributed by atoms with Crippen molar-refractivity contribution in [1.29, 1.82) is 0 Å². The predicted octanol–water partition coefficient (Wildman–Crippen LogP) is 1.38. The Bertz CT molecular complexity index is 697. The molecule has 2 amide bonds. The van der Waals surface area contributed by atoms with E-state index in [0.717, 1.165) is 19.5 Å². The first-order chi connectivity index (χ1) is 13.0. The van der Waals surface area contributed by atoms with E-state index in [4.69, 9.17) is 4.74 Å². The van der Waals surface area contributed by atoms with Gasteiger partial charge in [0.1, 0.15) is 0 Å². The van der Waals surface area contributed by atoms with E-state index < -0.39 is 12.5 Å². The molecule has 9 heteroatoms. The molecule has 148 valence electrons. The van der Waals surface area contributed by atoms with E-state index in [1.165, 1.54) is 38.2 Å². The lowest BCUT2D eigenvalue weighted by Gasteiger charge is -2.16. The summed E-state index contributed by atoms with van der Waals surface area (Å²) >= 11 is 0. The Balaban J connectivity index is 1.47. The van der Waals surface area contributed by atoms with Gasteiger partial charge < -0.3 is 20.1 Å². The normalized spacial score (nSPS) is 19.8. The second-order valence-corrected chi connectivity index (χ2v) is 6.71. The van der Waals surface area contributed by atoms with Gasteiger partial charge in [0.15, 0.2) is 11.5 Å². The SMILES string of the molecule is COc1cc(C(=O)NCC(=O)NC2CCN(C3CC3)C2)ccc1OC(F)F. The molecule has 1 unspecified atom stereocenters. The van der Waals surface area contributed by atoms with Crippen LogP contribution in [0, 0.1) is 0 Å². The molecular weight excluding hydrogens is 360 g/mol. The number of ether oxygens (including phenoxy) is 2. The Morgan fingerprint density at radius 3 is 2.70 bits per heavy atom. The summed E-state index contributed by atoms with van der Waals surface area (Å²) in [4.78, 5) is 26.6. The average molecular weight is 383 g/mol. The molecule has 0 aromatic heterocycles. The highest BCUT2D eigenvalue weighted by atomic mass is 19.3. The van der Waals surface area contributed by atoms with E-state index in [-0.39, 0.29) is 35.6 Å². The number of likely N-dealkylation sites (tertiary alicyclic amines) is 1. The first-order valence-electron chi connectivity index (χ1n) is 8.90. The molecule has 7 nitrogen and oxygen atoms in total. The lowest BCUT2D eigenvalue weighted by atomic mass is 10.2. The molecule has 1 aliphatic heterocycles. The van der Waals surface area contributed by atoms with Crippen LogP contribution in [-0.4, -0.2) is 62.2 Å². The van der Waals surface area contributed by atoms with Crippen molar-refractivity contribution < 1.29 is 27.8 Å².